The van der Waals surface area contributed by atoms with Gasteiger partial charge in [-0.15, -0.1) is 0 Å². The Balaban J connectivity index is 1.51. The van der Waals surface area contributed by atoms with Crippen LogP contribution in [0.25, 0.3) is 0 Å². The second kappa shape index (κ2) is 7.13. The van der Waals surface area contributed by atoms with Crippen LogP contribution in [-0.4, -0.2) is 38.1 Å². The minimum Gasteiger partial charge on any atom is -0.264 e. The summed E-state index contributed by atoms with van der Waals surface area (Å²) in [6.07, 6.45) is 6.64. The predicted molar refractivity (Wildman–Crippen MR) is 105 cm³/mol. The van der Waals surface area contributed by atoms with Crippen LogP contribution in [-0.2, 0) is 29.2 Å². The van der Waals surface area contributed by atoms with Crippen molar-refractivity contribution in [3.63, 3.8) is 0 Å². The summed E-state index contributed by atoms with van der Waals surface area (Å²) in [5.74, 6) is 1.73. The van der Waals surface area contributed by atoms with Gasteiger partial charge in [0, 0.05) is 0 Å². The fourth-order valence-electron chi connectivity index (χ4n) is 7.73. The van der Waals surface area contributed by atoms with Gasteiger partial charge in [-0.05, 0) is 92.3 Å². The van der Waals surface area contributed by atoms with Crippen molar-refractivity contribution in [2.45, 2.75) is 83.8 Å². The van der Waals surface area contributed by atoms with Gasteiger partial charge in [-0.25, -0.2) is 8.37 Å². The van der Waals surface area contributed by atoms with E-state index in [0.29, 0.717) is 42.9 Å². The first-order valence-corrected chi connectivity index (χ1v) is 13.4. The predicted octanol–water partition coefficient (Wildman–Crippen LogP) is 3.41. The Hall–Kier alpha value is -0.260. The standard InChI is InChI=1S/C19H32O8S2/c1-18-9-7-13(26-28(20,21)22)11-12(18)3-4-14-15-5-6-17(27-29(23,24)25)19(15,2)10-8-16(14)18/h12-17H,3-11H2,1-2H3,(H,20,21,22)(H,23,24,25)/t12?,13-,14+,15+,16+,17-,18+,19+/m1/s1. The maximum atomic E-state index is 11.3. The van der Waals surface area contributed by atoms with E-state index >= 15 is 0 Å². The van der Waals surface area contributed by atoms with Crippen LogP contribution in [0.2, 0.25) is 0 Å². The summed E-state index contributed by atoms with van der Waals surface area (Å²) in [5, 5.41) is 0. The molecular weight excluding hydrogens is 420 g/mol. The first-order valence-electron chi connectivity index (χ1n) is 10.6. The van der Waals surface area contributed by atoms with Gasteiger partial charge in [-0.3, -0.25) is 9.11 Å². The molecule has 1 unspecified atom stereocenters. The van der Waals surface area contributed by atoms with Gasteiger partial charge in [0.25, 0.3) is 0 Å². The van der Waals surface area contributed by atoms with Gasteiger partial charge >= 0.3 is 20.8 Å². The lowest BCUT2D eigenvalue weighted by atomic mass is 9.45. The lowest BCUT2D eigenvalue weighted by Gasteiger charge is -2.60. The molecule has 10 heteroatoms. The Morgan fingerprint density at radius 3 is 2.03 bits per heavy atom. The van der Waals surface area contributed by atoms with Crippen molar-refractivity contribution in [2.24, 2.45) is 34.5 Å². The fourth-order valence-corrected chi connectivity index (χ4v) is 8.86. The van der Waals surface area contributed by atoms with Crippen LogP contribution in [0.15, 0.2) is 0 Å². The monoisotopic (exact) mass is 452 g/mol. The van der Waals surface area contributed by atoms with Gasteiger partial charge in [0.15, 0.2) is 0 Å². The van der Waals surface area contributed by atoms with Crippen molar-refractivity contribution in [1.82, 2.24) is 0 Å². The van der Waals surface area contributed by atoms with Gasteiger partial charge < -0.3 is 0 Å². The van der Waals surface area contributed by atoms with Gasteiger partial charge in [0.2, 0.25) is 0 Å². The molecule has 4 rings (SSSR count). The molecule has 0 spiro atoms. The highest BCUT2D eigenvalue weighted by Gasteiger charge is 2.61. The Kier molecular flexibility index (Phi) is 5.40. The van der Waals surface area contributed by atoms with Crippen molar-refractivity contribution in [1.29, 1.82) is 0 Å². The minimum absolute atomic E-state index is 0.103. The van der Waals surface area contributed by atoms with Gasteiger partial charge in [0.05, 0.1) is 12.2 Å². The summed E-state index contributed by atoms with van der Waals surface area (Å²) >= 11 is 0. The maximum absolute atomic E-state index is 11.3. The summed E-state index contributed by atoms with van der Waals surface area (Å²) in [6, 6.07) is 0. The third-order valence-electron chi connectivity index (χ3n) is 9.03. The summed E-state index contributed by atoms with van der Waals surface area (Å²) in [7, 11) is -8.89. The van der Waals surface area contributed by atoms with E-state index in [1.807, 2.05) is 0 Å². The van der Waals surface area contributed by atoms with E-state index < -0.39 is 33.0 Å². The van der Waals surface area contributed by atoms with Crippen LogP contribution >= 0.6 is 0 Å². The normalized spacial score (nSPS) is 47.9. The zero-order valence-electron chi connectivity index (χ0n) is 17.0. The third-order valence-corrected chi connectivity index (χ3v) is 10.0. The topological polar surface area (TPSA) is 127 Å². The second-order valence-electron chi connectivity index (χ2n) is 10.2. The van der Waals surface area contributed by atoms with E-state index in [2.05, 4.69) is 13.8 Å². The Morgan fingerprint density at radius 1 is 0.759 bits per heavy atom. The van der Waals surface area contributed by atoms with Crippen LogP contribution < -0.4 is 0 Å². The molecule has 8 atom stereocenters. The summed E-state index contributed by atoms with van der Waals surface area (Å²) in [5.41, 5.74) is -0.142. The van der Waals surface area contributed by atoms with E-state index in [1.54, 1.807) is 0 Å². The van der Waals surface area contributed by atoms with E-state index in [-0.39, 0.29) is 10.8 Å². The van der Waals surface area contributed by atoms with E-state index in [1.165, 1.54) is 0 Å². The molecule has 8 nitrogen and oxygen atoms in total. The second-order valence-corrected chi connectivity index (χ2v) is 12.3. The molecule has 4 saturated carbocycles. The molecule has 29 heavy (non-hydrogen) atoms. The third kappa shape index (κ3) is 4.01. The van der Waals surface area contributed by atoms with Gasteiger partial charge in [-0.2, -0.15) is 16.8 Å². The number of fused-ring (bicyclic) bond motifs is 5. The quantitative estimate of drug-likeness (QED) is 0.621. The minimum atomic E-state index is -4.46. The van der Waals surface area contributed by atoms with Crippen molar-refractivity contribution >= 4 is 20.8 Å². The molecule has 4 fully saturated rings. The first kappa shape index (κ1) is 22.0. The highest BCUT2D eigenvalue weighted by molar-refractivity contribution is 7.81. The molecule has 0 heterocycles. The number of hydrogen-bond donors (Lipinski definition) is 2. The lowest BCUT2D eigenvalue weighted by Crippen LogP contribution is -2.54. The maximum Gasteiger partial charge on any atom is 0.397 e. The van der Waals surface area contributed by atoms with E-state index in [0.717, 1.165) is 38.5 Å². The van der Waals surface area contributed by atoms with Crippen LogP contribution in [0, 0.1) is 34.5 Å². The molecule has 0 radical (unpaired) electrons. The Morgan fingerprint density at radius 2 is 1.38 bits per heavy atom. The molecule has 0 aromatic rings. The number of rotatable bonds is 4. The molecule has 0 aromatic carbocycles. The number of hydrogen-bond acceptors (Lipinski definition) is 6. The van der Waals surface area contributed by atoms with Crippen LogP contribution in [0.5, 0.6) is 0 Å². The van der Waals surface area contributed by atoms with E-state index in [4.69, 9.17) is 12.9 Å². The molecule has 4 aliphatic rings. The molecule has 168 valence electrons. The molecule has 0 bridgehead atoms. The first-order chi connectivity index (χ1) is 13.3. The molecule has 2 N–H and O–H groups in total. The fraction of sp³-hybridized carbons (Fsp3) is 1.00. The lowest BCUT2D eigenvalue weighted by molar-refractivity contribution is -0.129. The van der Waals surface area contributed by atoms with Crippen molar-refractivity contribution < 1.29 is 34.3 Å². The highest BCUT2D eigenvalue weighted by Crippen LogP contribution is 2.66. The molecule has 0 saturated heterocycles. The van der Waals surface area contributed by atoms with Crippen LogP contribution in [0.1, 0.15) is 71.6 Å². The van der Waals surface area contributed by atoms with E-state index in [9.17, 15) is 21.4 Å². The average Bonchev–Trinajstić information content (AvgIpc) is 2.89. The van der Waals surface area contributed by atoms with Crippen LogP contribution in [0.3, 0.4) is 0 Å². The largest absolute Gasteiger partial charge is 0.397 e. The smallest absolute Gasteiger partial charge is 0.264 e. The Bertz CT molecular complexity index is 855. The average molecular weight is 453 g/mol. The summed E-state index contributed by atoms with van der Waals surface area (Å²) in [4.78, 5) is 0. The van der Waals surface area contributed by atoms with Gasteiger partial charge in [-0.1, -0.05) is 13.8 Å². The van der Waals surface area contributed by atoms with Crippen molar-refractivity contribution in [3.05, 3.63) is 0 Å². The molecular formula is C19H32O8S2. The highest BCUT2D eigenvalue weighted by atomic mass is 32.3. The SMILES string of the molecule is C[C@]12CC[C@H]3[C@@H](CCC4C[C@H](OS(=O)(=O)O)CC[C@@]43C)[C@@H]1CC[C@H]2OS(=O)(=O)O. The van der Waals surface area contributed by atoms with Crippen molar-refractivity contribution in [3.8, 4) is 0 Å². The molecule has 0 amide bonds. The zero-order chi connectivity index (χ0) is 21.2. The van der Waals surface area contributed by atoms with Crippen molar-refractivity contribution in [2.75, 3.05) is 0 Å². The van der Waals surface area contributed by atoms with Crippen LogP contribution in [0.4, 0.5) is 0 Å². The molecule has 0 aliphatic heterocycles. The summed E-state index contributed by atoms with van der Waals surface area (Å²) in [6.45, 7) is 4.43. The Labute approximate surface area is 173 Å². The molecule has 4 aliphatic carbocycles. The zero-order valence-corrected chi connectivity index (χ0v) is 18.6. The summed E-state index contributed by atoms with van der Waals surface area (Å²) < 4.78 is 73.1. The molecule has 0 aromatic heterocycles. The van der Waals surface area contributed by atoms with Gasteiger partial charge in [0.1, 0.15) is 0 Å².